The quantitative estimate of drug-likeness (QED) is 0.846. The summed E-state index contributed by atoms with van der Waals surface area (Å²) in [4.78, 5) is 0. The van der Waals surface area contributed by atoms with Crippen LogP contribution in [-0.4, -0.2) is 0 Å². The highest BCUT2D eigenvalue weighted by Gasteiger charge is 2.27. The minimum atomic E-state index is -1.05. The summed E-state index contributed by atoms with van der Waals surface area (Å²) < 4.78 is 33.3. The van der Waals surface area contributed by atoms with Gasteiger partial charge in [0.1, 0.15) is 11.4 Å². The molecular formula is C15H14ClF2NO. The summed E-state index contributed by atoms with van der Waals surface area (Å²) in [5, 5.41) is 0.292. The maximum Gasteiger partial charge on any atom is 0.167 e. The van der Waals surface area contributed by atoms with E-state index in [1.54, 1.807) is 19.9 Å². The predicted molar refractivity (Wildman–Crippen MR) is 75.9 cm³/mol. The van der Waals surface area contributed by atoms with Crippen molar-refractivity contribution in [3.8, 4) is 5.75 Å². The summed E-state index contributed by atoms with van der Waals surface area (Å²) in [7, 11) is 0. The molecule has 0 fully saturated rings. The second kappa shape index (κ2) is 5.29. The number of halogens is 3. The zero-order valence-corrected chi connectivity index (χ0v) is 11.8. The van der Waals surface area contributed by atoms with Crippen molar-refractivity contribution < 1.29 is 13.5 Å². The SMILES string of the molecule is CC(C)(Oc1ccc(N)cc1F)c1ccc(Cl)cc1F. The fourth-order valence-electron chi connectivity index (χ4n) is 1.91. The van der Waals surface area contributed by atoms with Crippen LogP contribution >= 0.6 is 11.6 Å². The highest BCUT2D eigenvalue weighted by Crippen LogP contribution is 2.32. The van der Waals surface area contributed by atoms with Crippen molar-refractivity contribution in [2.24, 2.45) is 0 Å². The molecule has 0 aliphatic carbocycles. The van der Waals surface area contributed by atoms with E-state index >= 15 is 0 Å². The molecule has 0 unspecified atom stereocenters. The highest BCUT2D eigenvalue weighted by atomic mass is 35.5. The topological polar surface area (TPSA) is 35.2 Å². The van der Waals surface area contributed by atoms with Crippen LogP contribution in [0.3, 0.4) is 0 Å². The van der Waals surface area contributed by atoms with E-state index < -0.39 is 17.2 Å². The Bertz CT molecular complexity index is 644. The molecule has 0 spiro atoms. The molecular weight excluding hydrogens is 284 g/mol. The Morgan fingerprint density at radius 1 is 1.05 bits per heavy atom. The molecule has 2 rings (SSSR count). The fourth-order valence-corrected chi connectivity index (χ4v) is 2.07. The van der Waals surface area contributed by atoms with Crippen LogP contribution in [0.4, 0.5) is 14.5 Å². The van der Waals surface area contributed by atoms with Crippen molar-refractivity contribution in [3.63, 3.8) is 0 Å². The number of ether oxygens (including phenoxy) is 1. The lowest BCUT2D eigenvalue weighted by atomic mass is 9.97. The molecule has 2 N–H and O–H groups in total. The van der Waals surface area contributed by atoms with E-state index in [-0.39, 0.29) is 11.3 Å². The van der Waals surface area contributed by atoms with Gasteiger partial charge in [-0.15, -0.1) is 0 Å². The molecule has 0 heterocycles. The molecule has 0 saturated carbocycles. The monoisotopic (exact) mass is 297 g/mol. The van der Waals surface area contributed by atoms with Crippen molar-refractivity contribution in [2.75, 3.05) is 5.73 Å². The minimum Gasteiger partial charge on any atom is -0.480 e. The maximum atomic E-state index is 13.9. The van der Waals surface area contributed by atoms with E-state index in [1.807, 2.05) is 0 Å². The van der Waals surface area contributed by atoms with Crippen LogP contribution in [0, 0.1) is 11.6 Å². The molecule has 0 atom stereocenters. The largest absolute Gasteiger partial charge is 0.480 e. The first-order valence-electron chi connectivity index (χ1n) is 5.99. The van der Waals surface area contributed by atoms with Crippen LogP contribution in [0.5, 0.6) is 5.75 Å². The third-order valence-corrected chi connectivity index (χ3v) is 3.14. The summed E-state index contributed by atoms with van der Waals surface area (Å²) in [6.45, 7) is 3.30. The standard InChI is InChI=1S/C15H14ClF2NO/c1-15(2,11-5-3-9(16)7-12(11)17)20-14-6-4-10(19)8-13(14)18/h3-8H,19H2,1-2H3. The smallest absolute Gasteiger partial charge is 0.167 e. The van der Waals surface area contributed by atoms with Gasteiger partial charge in [0.15, 0.2) is 11.6 Å². The molecule has 0 bridgehead atoms. The Balaban J connectivity index is 2.35. The number of nitrogens with two attached hydrogens (primary N) is 1. The molecule has 0 aromatic heterocycles. The Hall–Kier alpha value is -1.81. The van der Waals surface area contributed by atoms with Crippen LogP contribution in [0.15, 0.2) is 36.4 Å². The van der Waals surface area contributed by atoms with Crippen molar-refractivity contribution in [2.45, 2.75) is 19.4 Å². The zero-order valence-electron chi connectivity index (χ0n) is 11.1. The molecule has 0 saturated heterocycles. The molecule has 5 heteroatoms. The highest BCUT2D eigenvalue weighted by molar-refractivity contribution is 6.30. The van der Waals surface area contributed by atoms with Gasteiger partial charge in [0.2, 0.25) is 0 Å². The van der Waals surface area contributed by atoms with E-state index in [0.717, 1.165) is 6.07 Å². The van der Waals surface area contributed by atoms with E-state index in [0.29, 0.717) is 10.7 Å². The lowest BCUT2D eigenvalue weighted by molar-refractivity contribution is 0.0984. The van der Waals surface area contributed by atoms with Crippen LogP contribution in [0.2, 0.25) is 5.02 Å². The Kier molecular flexibility index (Phi) is 3.86. The fraction of sp³-hybridized carbons (Fsp3) is 0.200. The van der Waals surface area contributed by atoms with Gasteiger partial charge < -0.3 is 10.5 Å². The normalized spacial score (nSPS) is 11.4. The maximum absolute atomic E-state index is 13.9. The van der Waals surface area contributed by atoms with Crippen molar-refractivity contribution in [3.05, 3.63) is 58.6 Å². The molecule has 0 aliphatic rings. The Morgan fingerprint density at radius 2 is 1.75 bits per heavy atom. The lowest BCUT2D eigenvalue weighted by Gasteiger charge is -2.27. The molecule has 0 amide bonds. The summed E-state index contributed by atoms with van der Waals surface area (Å²) >= 11 is 5.72. The summed E-state index contributed by atoms with van der Waals surface area (Å²) in [6, 6.07) is 8.37. The second-order valence-electron chi connectivity index (χ2n) is 4.93. The van der Waals surface area contributed by atoms with Gasteiger partial charge in [0, 0.05) is 22.3 Å². The van der Waals surface area contributed by atoms with Crippen LogP contribution < -0.4 is 10.5 Å². The third-order valence-electron chi connectivity index (χ3n) is 2.90. The number of anilines is 1. The number of nitrogen functional groups attached to an aromatic ring is 1. The van der Waals surface area contributed by atoms with E-state index in [1.165, 1.54) is 24.3 Å². The summed E-state index contributed by atoms with van der Waals surface area (Å²) in [6.07, 6.45) is 0. The van der Waals surface area contributed by atoms with Crippen molar-refractivity contribution >= 4 is 17.3 Å². The van der Waals surface area contributed by atoms with Gasteiger partial charge in [-0.3, -0.25) is 0 Å². The zero-order chi connectivity index (χ0) is 14.9. The van der Waals surface area contributed by atoms with E-state index in [9.17, 15) is 8.78 Å². The minimum absolute atomic E-state index is 0.0125. The molecule has 20 heavy (non-hydrogen) atoms. The van der Waals surface area contributed by atoms with Gasteiger partial charge in [-0.2, -0.15) is 0 Å². The van der Waals surface area contributed by atoms with Gasteiger partial charge in [0.25, 0.3) is 0 Å². The molecule has 0 radical (unpaired) electrons. The molecule has 2 aromatic carbocycles. The first-order chi connectivity index (χ1) is 9.29. The third kappa shape index (κ3) is 3.02. The van der Waals surface area contributed by atoms with Crippen molar-refractivity contribution in [1.29, 1.82) is 0 Å². The lowest BCUT2D eigenvalue weighted by Crippen LogP contribution is -2.27. The Morgan fingerprint density at radius 3 is 2.35 bits per heavy atom. The predicted octanol–water partition coefficient (Wildman–Crippen LogP) is 4.51. The van der Waals surface area contributed by atoms with Gasteiger partial charge in [0.05, 0.1) is 0 Å². The van der Waals surface area contributed by atoms with E-state index in [2.05, 4.69) is 0 Å². The molecule has 2 aromatic rings. The number of rotatable bonds is 3. The van der Waals surface area contributed by atoms with Crippen LogP contribution in [0.25, 0.3) is 0 Å². The van der Waals surface area contributed by atoms with Gasteiger partial charge in [-0.05, 0) is 38.1 Å². The summed E-state index contributed by atoms with van der Waals surface area (Å²) in [5.74, 6) is -1.08. The van der Waals surface area contributed by atoms with Crippen LogP contribution in [-0.2, 0) is 5.60 Å². The van der Waals surface area contributed by atoms with E-state index in [4.69, 9.17) is 22.1 Å². The number of hydrogen-bond donors (Lipinski definition) is 1. The molecule has 0 aliphatic heterocycles. The van der Waals surface area contributed by atoms with Gasteiger partial charge in [-0.25, -0.2) is 8.78 Å². The first kappa shape index (κ1) is 14.6. The molecule has 106 valence electrons. The number of hydrogen-bond acceptors (Lipinski definition) is 2. The van der Waals surface area contributed by atoms with Crippen molar-refractivity contribution in [1.82, 2.24) is 0 Å². The Labute approximate surface area is 121 Å². The van der Waals surface area contributed by atoms with Gasteiger partial charge in [-0.1, -0.05) is 17.7 Å². The molecule has 2 nitrogen and oxygen atoms in total. The average Bonchev–Trinajstić information content (AvgIpc) is 2.32. The number of benzene rings is 2. The van der Waals surface area contributed by atoms with Gasteiger partial charge >= 0.3 is 0 Å². The summed E-state index contributed by atoms with van der Waals surface area (Å²) in [5.41, 5.74) is 5.01. The van der Waals surface area contributed by atoms with Crippen LogP contribution in [0.1, 0.15) is 19.4 Å². The second-order valence-corrected chi connectivity index (χ2v) is 5.36. The average molecular weight is 298 g/mol. The first-order valence-corrected chi connectivity index (χ1v) is 6.37.